The lowest BCUT2D eigenvalue weighted by Crippen LogP contribution is -2.44. The molecule has 5 aromatic rings. The fraction of sp³-hybridized carbons (Fsp3) is 0.143. The summed E-state index contributed by atoms with van der Waals surface area (Å²) < 4.78 is 25.8. The molecule has 12 nitrogen and oxygen atoms in total. The van der Waals surface area contributed by atoms with Gasteiger partial charge in [0, 0.05) is 12.3 Å². The van der Waals surface area contributed by atoms with Gasteiger partial charge in [0.1, 0.15) is 23.6 Å². The van der Waals surface area contributed by atoms with Crippen LogP contribution in [0, 0.1) is 0 Å². The molecule has 3 heterocycles. The standard InChI is InChI=1S/C35H28N4O8/c1-2-25(44-33(41)21-12-6-3-7-13-21)27-28(46-34(42)22-14-8-4-9-15-22)29(47-35(43)23-16-10-5-11-17-23)32(45-27)39-19-18-24(40)26-30(36)37-20-38-31(26)39/h2-20,25,27-29,32H,1H2,(H2,36,37,38)/t25-,27-,28-,29-,32-/m0/s1. The van der Waals surface area contributed by atoms with Gasteiger partial charge in [-0.2, -0.15) is 0 Å². The number of hydrogen-bond donors (Lipinski definition) is 1. The summed E-state index contributed by atoms with van der Waals surface area (Å²) >= 11 is 0. The maximum atomic E-state index is 13.5. The molecule has 236 valence electrons. The molecule has 1 aliphatic rings. The fourth-order valence-corrected chi connectivity index (χ4v) is 5.29. The van der Waals surface area contributed by atoms with Crippen molar-refractivity contribution < 1.29 is 33.3 Å². The van der Waals surface area contributed by atoms with Gasteiger partial charge >= 0.3 is 17.9 Å². The van der Waals surface area contributed by atoms with E-state index in [4.69, 9.17) is 24.7 Å². The number of rotatable bonds is 9. The van der Waals surface area contributed by atoms with Crippen LogP contribution in [0.15, 0.2) is 127 Å². The molecule has 6 rings (SSSR count). The first kappa shape index (κ1) is 30.9. The van der Waals surface area contributed by atoms with Crippen molar-refractivity contribution in [3.63, 3.8) is 0 Å². The third-order valence-corrected chi connectivity index (χ3v) is 7.55. The lowest BCUT2D eigenvalue weighted by molar-refractivity contribution is -0.0791. The Balaban J connectivity index is 1.47. The number of nitrogens with two attached hydrogens (primary N) is 1. The monoisotopic (exact) mass is 632 g/mol. The Kier molecular flexibility index (Phi) is 8.84. The van der Waals surface area contributed by atoms with E-state index in [1.807, 2.05) is 0 Å². The van der Waals surface area contributed by atoms with Gasteiger partial charge in [0.05, 0.1) is 16.7 Å². The molecule has 1 saturated heterocycles. The Morgan fingerprint density at radius 3 is 1.87 bits per heavy atom. The van der Waals surface area contributed by atoms with Crippen molar-refractivity contribution in [1.29, 1.82) is 0 Å². The number of anilines is 1. The Bertz CT molecular complexity index is 1990. The van der Waals surface area contributed by atoms with E-state index in [9.17, 15) is 19.2 Å². The zero-order chi connectivity index (χ0) is 32.9. The largest absolute Gasteiger partial charge is 0.452 e. The second kappa shape index (κ2) is 13.5. The predicted molar refractivity (Wildman–Crippen MR) is 169 cm³/mol. The smallest absolute Gasteiger partial charge is 0.338 e. The Hall–Kier alpha value is -6.14. The number of carbonyl (C=O) groups excluding carboxylic acids is 3. The van der Waals surface area contributed by atoms with Gasteiger partial charge < -0.3 is 29.2 Å². The van der Waals surface area contributed by atoms with Gasteiger partial charge in [-0.1, -0.05) is 61.2 Å². The van der Waals surface area contributed by atoms with Gasteiger partial charge in [-0.3, -0.25) is 4.79 Å². The van der Waals surface area contributed by atoms with Crippen LogP contribution in [0.4, 0.5) is 5.82 Å². The normalized spacial score (nSPS) is 19.4. The molecule has 0 aliphatic carbocycles. The second-order valence-corrected chi connectivity index (χ2v) is 10.5. The minimum atomic E-state index is -1.36. The summed E-state index contributed by atoms with van der Waals surface area (Å²) in [5.74, 6) is -2.27. The van der Waals surface area contributed by atoms with Crippen LogP contribution in [0.3, 0.4) is 0 Å². The predicted octanol–water partition coefficient (Wildman–Crippen LogP) is 4.13. The Morgan fingerprint density at radius 2 is 1.32 bits per heavy atom. The lowest BCUT2D eigenvalue weighted by atomic mass is 10.0. The third-order valence-electron chi connectivity index (χ3n) is 7.55. The lowest BCUT2D eigenvalue weighted by Gasteiger charge is -2.27. The van der Waals surface area contributed by atoms with Crippen molar-refractivity contribution in [1.82, 2.24) is 14.5 Å². The highest BCUT2D eigenvalue weighted by Gasteiger charge is 2.54. The van der Waals surface area contributed by atoms with Gasteiger partial charge in [0.15, 0.2) is 35.6 Å². The molecule has 12 heteroatoms. The molecular formula is C35H28N4O8. The van der Waals surface area contributed by atoms with Crippen LogP contribution >= 0.6 is 0 Å². The number of fused-ring (bicyclic) bond motifs is 1. The van der Waals surface area contributed by atoms with Crippen molar-refractivity contribution >= 4 is 34.8 Å². The summed E-state index contributed by atoms with van der Waals surface area (Å²) in [7, 11) is 0. The molecule has 2 N–H and O–H groups in total. The SMILES string of the molecule is C=C[C@H](OC(=O)c1ccccc1)[C@@H]1O[C@H](n2ccc(=O)c3c(N)ncnc32)[C@@H](OC(=O)c2ccccc2)[C@H]1OC(=O)c1ccccc1. The van der Waals surface area contributed by atoms with E-state index in [1.165, 1.54) is 29.2 Å². The molecule has 0 bridgehead atoms. The topological polar surface area (TPSA) is 162 Å². The Morgan fingerprint density at radius 1 is 0.787 bits per heavy atom. The average molecular weight is 633 g/mol. The number of ether oxygens (including phenoxy) is 4. The van der Waals surface area contributed by atoms with Crippen molar-refractivity contribution in [2.24, 2.45) is 0 Å². The van der Waals surface area contributed by atoms with Crippen LogP contribution in [0.25, 0.3) is 11.0 Å². The maximum absolute atomic E-state index is 13.5. The molecule has 0 spiro atoms. The molecule has 5 atom stereocenters. The summed E-state index contributed by atoms with van der Waals surface area (Å²) in [5.41, 5.74) is 6.37. The summed E-state index contributed by atoms with van der Waals surface area (Å²) in [6, 6.07) is 25.9. The van der Waals surface area contributed by atoms with Crippen LogP contribution < -0.4 is 11.2 Å². The van der Waals surface area contributed by atoms with Crippen LogP contribution in [0.1, 0.15) is 37.3 Å². The van der Waals surface area contributed by atoms with Crippen LogP contribution in [0.2, 0.25) is 0 Å². The first-order valence-corrected chi connectivity index (χ1v) is 14.5. The number of carbonyl (C=O) groups is 3. The molecular weight excluding hydrogens is 604 g/mol. The van der Waals surface area contributed by atoms with Gasteiger partial charge in [-0.05, 0) is 42.5 Å². The molecule has 0 amide bonds. The van der Waals surface area contributed by atoms with Crippen molar-refractivity contribution in [2.75, 3.05) is 5.73 Å². The van der Waals surface area contributed by atoms with Crippen molar-refractivity contribution in [3.05, 3.63) is 149 Å². The molecule has 47 heavy (non-hydrogen) atoms. The van der Waals surface area contributed by atoms with E-state index < -0.39 is 54.0 Å². The number of aromatic nitrogens is 3. The van der Waals surface area contributed by atoms with Crippen LogP contribution in [-0.4, -0.2) is 56.9 Å². The van der Waals surface area contributed by atoms with Gasteiger partial charge in [0.25, 0.3) is 0 Å². The highest BCUT2D eigenvalue weighted by molar-refractivity contribution is 5.91. The number of esters is 3. The van der Waals surface area contributed by atoms with E-state index in [-0.39, 0.29) is 33.5 Å². The maximum Gasteiger partial charge on any atom is 0.338 e. The minimum absolute atomic E-state index is 0.00351. The summed E-state index contributed by atoms with van der Waals surface area (Å²) in [6.07, 6.45) is -2.55. The van der Waals surface area contributed by atoms with Gasteiger partial charge in [-0.25, -0.2) is 24.4 Å². The minimum Gasteiger partial charge on any atom is -0.452 e. The van der Waals surface area contributed by atoms with Crippen LogP contribution in [-0.2, 0) is 18.9 Å². The zero-order valence-electron chi connectivity index (χ0n) is 24.7. The molecule has 3 aromatic carbocycles. The first-order chi connectivity index (χ1) is 22.9. The zero-order valence-corrected chi connectivity index (χ0v) is 24.7. The van der Waals surface area contributed by atoms with E-state index in [1.54, 1.807) is 91.0 Å². The highest BCUT2D eigenvalue weighted by Crippen LogP contribution is 2.38. The Labute approximate surface area is 268 Å². The van der Waals surface area contributed by atoms with Crippen molar-refractivity contribution in [2.45, 2.75) is 30.6 Å². The third kappa shape index (κ3) is 6.35. The summed E-state index contributed by atoms with van der Waals surface area (Å²) in [6.45, 7) is 3.84. The van der Waals surface area contributed by atoms with Crippen molar-refractivity contribution in [3.8, 4) is 0 Å². The number of benzene rings is 3. The van der Waals surface area contributed by atoms with E-state index in [0.717, 1.165) is 0 Å². The number of hydrogen-bond acceptors (Lipinski definition) is 11. The number of nitrogen functional groups attached to an aromatic ring is 1. The van der Waals surface area contributed by atoms with Gasteiger partial charge in [0.2, 0.25) is 0 Å². The number of nitrogens with zero attached hydrogens (tertiary/aromatic N) is 3. The second-order valence-electron chi connectivity index (χ2n) is 10.5. The fourth-order valence-electron chi connectivity index (χ4n) is 5.29. The molecule has 2 aromatic heterocycles. The quantitative estimate of drug-likeness (QED) is 0.141. The van der Waals surface area contributed by atoms with E-state index >= 15 is 0 Å². The molecule has 1 fully saturated rings. The van der Waals surface area contributed by atoms with E-state index in [2.05, 4.69) is 16.5 Å². The molecule has 0 unspecified atom stereocenters. The molecule has 1 aliphatic heterocycles. The summed E-state index contributed by atoms with van der Waals surface area (Å²) in [5, 5.41) is 0.00351. The number of pyridine rings is 1. The van der Waals surface area contributed by atoms with E-state index in [0.29, 0.717) is 0 Å². The van der Waals surface area contributed by atoms with Gasteiger partial charge in [-0.15, -0.1) is 0 Å². The first-order valence-electron chi connectivity index (χ1n) is 14.5. The average Bonchev–Trinajstić information content (AvgIpc) is 3.44. The van der Waals surface area contributed by atoms with Crippen LogP contribution in [0.5, 0.6) is 0 Å². The molecule has 0 saturated carbocycles. The molecule has 0 radical (unpaired) electrons. The highest BCUT2D eigenvalue weighted by atomic mass is 16.7. The summed E-state index contributed by atoms with van der Waals surface area (Å²) in [4.78, 5) is 61.2.